The zero-order valence-electron chi connectivity index (χ0n) is 15.4. The van der Waals surface area contributed by atoms with Crippen molar-refractivity contribution in [1.82, 2.24) is 4.98 Å². The summed E-state index contributed by atoms with van der Waals surface area (Å²) in [5, 5.41) is 1.02. The van der Waals surface area contributed by atoms with Gasteiger partial charge in [-0.05, 0) is 36.1 Å². The molecule has 136 valence electrons. The van der Waals surface area contributed by atoms with Gasteiger partial charge in [0.15, 0.2) is 0 Å². The Kier molecular flexibility index (Phi) is 3.51. The number of aromatic amines is 1. The molecular weight excluding hydrogens is 336 g/mol. The number of nitrogens with one attached hydrogen (secondary N) is 1. The molecule has 3 aromatic rings. The highest BCUT2D eigenvalue weighted by Gasteiger charge is 2.58. The van der Waals surface area contributed by atoms with Gasteiger partial charge >= 0.3 is 0 Å². The molecule has 1 aromatic heterocycles. The Balaban J connectivity index is 1.87. The fraction of sp³-hybridized carbons (Fsp3) is 0.304. The SMILES string of the molecule is CN1C(=O)[C@@](c2c[nH]c3ccccc23)([C@H]2CCCCC2=O)c2ccccc21. The molecule has 1 aliphatic heterocycles. The molecule has 4 nitrogen and oxygen atoms in total. The maximum atomic E-state index is 13.8. The van der Waals surface area contributed by atoms with Crippen LogP contribution in [0.15, 0.2) is 54.7 Å². The van der Waals surface area contributed by atoms with Crippen LogP contribution in [-0.2, 0) is 15.0 Å². The third-order valence-corrected chi connectivity index (χ3v) is 6.42. The summed E-state index contributed by atoms with van der Waals surface area (Å²) in [6, 6.07) is 16.0. The van der Waals surface area contributed by atoms with E-state index in [0.717, 1.165) is 47.0 Å². The van der Waals surface area contributed by atoms with Gasteiger partial charge in [-0.15, -0.1) is 0 Å². The van der Waals surface area contributed by atoms with Crippen LogP contribution in [-0.4, -0.2) is 23.7 Å². The molecule has 1 fully saturated rings. The van der Waals surface area contributed by atoms with Crippen LogP contribution < -0.4 is 4.90 Å². The zero-order chi connectivity index (χ0) is 18.6. The normalized spacial score (nSPS) is 25.2. The average Bonchev–Trinajstić information content (AvgIpc) is 3.22. The van der Waals surface area contributed by atoms with Gasteiger partial charge in [-0.25, -0.2) is 0 Å². The number of fused-ring (bicyclic) bond motifs is 2. The first kappa shape index (κ1) is 16.3. The molecule has 2 heterocycles. The van der Waals surface area contributed by atoms with E-state index in [1.807, 2.05) is 61.8 Å². The smallest absolute Gasteiger partial charge is 0.242 e. The predicted octanol–water partition coefficient (Wildman–Crippen LogP) is 4.19. The molecule has 1 saturated carbocycles. The fourth-order valence-electron chi connectivity index (χ4n) is 5.21. The van der Waals surface area contributed by atoms with Crippen LogP contribution >= 0.6 is 0 Å². The third kappa shape index (κ3) is 2.04. The van der Waals surface area contributed by atoms with E-state index >= 15 is 0 Å². The summed E-state index contributed by atoms with van der Waals surface area (Å²) in [5.41, 5.74) is 2.85. The number of nitrogens with zero attached hydrogens (tertiary/aromatic N) is 1. The number of para-hydroxylation sites is 2. The van der Waals surface area contributed by atoms with E-state index in [4.69, 9.17) is 0 Å². The molecule has 4 heteroatoms. The predicted molar refractivity (Wildman–Crippen MR) is 106 cm³/mol. The Morgan fingerprint density at radius 3 is 2.63 bits per heavy atom. The molecule has 27 heavy (non-hydrogen) atoms. The van der Waals surface area contributed by atoms with Crippen LogP contribution in [0.25, 0.3) is 10.9 Å². The maximum absolute atomic E-state index is 13.8. The molecule has 0 unspecified atom stereocenters. The lowest BCUT2D eigenvalue weighted by atomic mass is 9.61. The average molecular weight is 358 g/mol. The minimum Gasteiger partial charge on any atom is -0.361 e. The summed E-state index contributed by atoms with van der Waals surface area (Å²) in [6.07, 6.45) is 5.17. The Morgan fingerprint density at radius 2 is 1.78 bits per heavy atom. The zero-order valence-corrected chi connectivity index (χ0v) is 15.4. The van der Waals surface area contributed by atoms with Crippen molar-refractivity contribution in [2.75, 3.05) is 11.9 Å². The minimum atomic E-state index is -0.942. The van der Waals surface area contributed by atoms with Crippen LogP contribution in [0, 0.1) is 5.92 Å². The number of H-pyrrole nitrogens is 1. The van der Waals surface area contributed by atoms with Crippen molar-refractivity contribution >= 4 is 28.3 Å². The maximum Gasteiger partial charge on any atom is 0.242 e. The van der Waals surface area contributed by atoms with Crippen LogP contribution in [0.5, 0.6) is 0 Å². The number of carbonyl (C=O) groups excluding carboxylic acids is 2. The van der Waals surface area contributed by atoms with E-state index in [-0.39, 0.29) is 17.6 Å². The highest BCUT2D eigenvalue weighted by Crippen LogP contribution is 2.54. The molecule has 0 bridgehead atoms. The third-order valence-electron chi connectivity index (χ3n) is 6.42. The highest BCUT2D eigenvalue weighted by molar-refractivity contribution is 6.14. The first-order chi connectivity index (χ1) is 13.2. The number of hydrogen-bond donors (Lipinski definition) is 1. The second kappa shape index (κ2) is 5.81. The van der Waals surface area contributed by atoms with E-state index in [1.165, 1.54) is 0 Å². The minimum absolute atomic E-state index is 0.00806. The summed E-state index contributed by atoms with van der Waals surface area (Å²) in [7, 11) is 1.82. The highest BCUT2D eigenvalue weighted by atomic mass is 16.2. The number of likely N-dealkylation sites (N-methyl/N-ethyl adjacent to an activating group) is 1. The number of aromatic nitrogens is 1. The second-order valence-corrected chi connectivity index (χ2v) is 7.70. The Hall–Kier alpha value is -2.88. The number of Topliss-reactive ketones (excluding diaryl/α,β-unsaturated/α-hetero) is 1. The summed E-state index contributed by atoms with van der Waals surface area (Å²) in [5.74, 6) is -0.0947. The number of carbonyl (C=O) groups is 2. The molecule has 1 N–H and O–H groups in total. The monoisotopic (exact) mass is 358 g/mol. The molecule has 2 aromatic carbocycles. The molecule has 2 aliphatic rings. The molecule has 0 saturated heterocycles. The Morgan fingerprint density at radius 1 is 1.00 bits per heavy atom. The molecule has 1 amide bonds. The Labute approximate surface area is 158 Å². The number of rotatable bonds is 2. The summed E-state index contributed by atoms with van der Waals surface area (Å²) < 4.78 is 0. The number of benzene rings is 2. The lowest BCUT2D eigenvalue weighted by Crippen LogP contribution is -2.49. The van der Waals surface area contributed by atoms with Crippen molar-refractivity contribution in [1.29, 1.82) is 0 Å². The second-order valence-electron chi connectivity index (χ2n) is 7.70. The molecular formula is C23H22N2O2. The van der Waals surface area contributed by atoms with Gasteiger partial charge in [0.05, 0.1) is 0 Å². The number of hydrogen-bond acceptors (Lipinski definition) is 2. The molecule has 0 spiro atoms. The van der Waals surface area contributed by atoms with Gasteiger partial charge in [0.2, 0.25) is 5.91 Å². The van der Waals surface area contributed by atoms with E-state index < -0.39 is 5.41 Å². The van der Waals surface area contributed by atoms with Crippen LogP contribution in [0.4, 0.5) is 5.69 Å². The lowest BCUT2D eigenvalue weighted by Gasteiger charge is -2.37. The number of anilines is 1. The molecule has 1 aliphatic carbocycles. The first-order valence-corrected chi connectivity index (χ1v) is 9.62. The van der Waals surface area contributed by atoms with Gasteiger partial charge in [0.1, 0.15) is 11.2 Å². The molecule has 0 radical (unpaired) electrons. The van der Waals surface area contributed by atoms with Gasteiger partial charge in [0, 0.05) is 42.2 Å². The van der Waals surface area contributed by atoms with Gasteiger partial charge in [-0.3, -0.25) is 9.59 Å². The van der Waals surface area contributed by atoms with Crippen molar-refractivity contribution in [3.05, 3.63) is 65.9 Å². The topological polar surface area (TPSA) is 53.2 Å². The fourth-order valence-corrected chi connectivity index (χ4v) is 5.21. The summed E-state index contributed by atoms with van der Waals surface area (Å²) in [4.78, 5) is 32.0. The quantitative estimate of drug-likeness (QED) is 0.747. The largest absolute Gasteiger partial charge is 0.361 e. The van der Waals surface area contributed by atoms with E-state index in [9.17, 15) is 9.59 Å². The molecule has 5 rings (SSSR count). The van der Waals surface area contributed by atoms with Crippen molar-refractivity contribution in [2.45, 2.75) is 31.1 Å². The first-order valence-electron chi connectivity index (χ1n) is 9.62. The van der Waals surface area contributed by atoms with Gasteiger partial charge < -0.3 is 9.88 Å². The summed E-state index contributed by atoms with van der Waals surface area (Å²) >= 11 is 0. The lowest BCUT2D eigenvalue weighted by molar-refractivity contribution is -0.133. The number of amides is 1. The molecule has 2 atom stereocenters. The van der Waals surface area contributed by atoms with Gasteiger partial charge in [0.25, 0.3) is 0 Å². The van der Waals surface area contributed by atoms with E-state index in [1.54, 1.807) is 4.90 Å². The van der Waals surface area contributed by atoms with Crippen molar-refractivity contribution < 1.29 is 9.59 Å². The van der Waals surface area contributed by atoms with Gasteiger partial charge in [-0.1, -0.05) is 42.8 Å². The van der Waals surface area contributed by atoms with Crippen LogP contribution in [0.1, 0.15) is 36.8 Å². The van der Waals surface area contributed by atoms with E-state index in [0.29, 0.717) is 6.42 Å². The number of ketones is 1. The van der Waals surface area contributed by atoms with Crippen molar-refractivity contribution in [3.8, 4) is 0 Å². The summed E-state index contributed by atoms with van der Waals surface area (Å²) in [6.45, 7) is 0. The standard InChI is InChI=1S/C23H22N2O2/c1-25-20-12-6-3-9-16(20)23(22(25)27,17-10-4-7-13-21(17)26)18-14-24-19-11-5-2-8-15(18)19/h2-3,5-6,8-9,11-12,14,17,24H,4,7,10,13H2,1H3/t17-,23+/m0/s1. The van der Waals surface area contributed by atoms with Crippen LogP contribution in [0.2, 0.25) is 0 Å². The Bertz CT molecular complexity index is 1070. The van der Waals surface area contributed by atoms with Crippen molar-refractivity contribution in [2.24, 2.45) is 5.92 Å². The van der Waals surface area contributed by atoms with Gasteiger partial charge in [-0.2, -0.15) is 0 Å². The van der Waals surface area contributed by atoms with Crippen LogP contribution in [0.3, 0.4) is 0 Å². The van der Waals surface area contributed by atoms with Crippen molar-refractivity contribution in [3.63, 3.8) is 0 Å². The van der Waals surface area contributed by atoms with E-state index in [2.05, 4.69) is 4.98 Å².